The molecule has 4 aromatic rings. The molecule has 0 aliphatic carbocycles. The lowest BCUT2D eigenvalue weighted by Gasteiger charge is -2.06. The molecule has 0 radical (unpaired) electrons. The van der Waals surface area contributed by atoms with Gasteiger partial charge in [0.2, 0.25) is 5.88 Å². The van der Waals surface area contributed by atoms with Gasteiger partial charge in [-0.1, -0.05) is 30.3 Å². The Morgan fingerprint density at radius 2 is 1.62 bits per heavy atom. The second kappa shape index (κ2) is 7.19. The van der Waals surface area contributed by atoms with E-state index in [4.69, 9.17) is 4.74 Å². The molecule has 0 aliphatic heterocycles. The minimum atomic E-state index is -0.281. The highest BCUT2D eigenvalue weighted by Crippen LogP contribution is 2.26. The van der Waals surface area contributed by atoms with E-state index >= 15 is 0 Å². The second-order valence-electron chi connectivity index (χ2n) is 5.76. The molecule has 0 saturated heterocycles. The quantitative estimate of drug-likeness (QED) is 0.528. The Balaban J connectivity index is 1.69. The summed E-state index contributed by atoms with van der Waals surface area (Å²) in [6.45, 7) is 0.428. The summed E-state index contributed by atoms with van der Waals surface area (Å²) < 4.78 is 21.0. The molecule has 0 atom stereocenters. The number of hydrogen-bond donors (Lipinski definition) is 0. The van der Waals surface area contributed by atoms with Crippen LogP contribution in [0.15, 0.2) is 85.3 Å². The average molecular weight is 345 g/mol. The summed E-state index contributed by atoms with van der Waals surface area (Å²) in [6.07, 6.45) is 5.26. The van der Waals surface area contributed by atoms with E-state index < -0.39 is 0 Å². The Labute approximate surface area is 150 Å². The summed E-state index contributed by atoms with van der Waals surface area (Å²) in [4.78, 5) is 8.65. The molecule has 26 heavy (non-hydrogen) atoms. The first-order chi connectivity index (χ1) is 12.8. The Morgan fingerprint density at radius 1 is 0.885 bits per heavy atom. The van der Waals surface area contributed by atoms with E-state index in [1.807, 2.05) is 53.2 Å². The number of halogens is 1. The van der Waals surface area contributed by atoms with Gasteiger partial charge in [-0.05, 0) is 42.0 Å². The fourth-order valence-corrected chi connectivity index (χ4v) is 2.66. The van der Waals surface area contributed by atoms with Crippen LogP contribution in [0.5, 0.6) is 5.88 Å². The molecule has 4 rings (SSSR count). The fourth-order valence-electron chi connectivity index (χ4n) is 2.66. The summed E-state index contributed by atoms with van der Waals surface area (Å²) in [5.74, 6) is 0.903. The van der Waals surface area contributed by atoms with Crippen molar-refractivity contribution in [1.82, 2.24) is 14.5 Å². The van der Waals surface area contributed by atoms with E-state index in [1.54, 1.807) is 24.5 Å². The zero-order valence-corrected chi connectivity index (χ0v) is 13.9. The molecule has 0 N–H and O–H groups in total. The van der Waals surface area contributed by atoms with E-state index in [0.29, 0.717) is 18.3 Å². The smallest absolute Gasteiger partial charge is 0.232 e. The number of aromatic nitrogens is 3. The monoisotopic (exact) mass is 345 g/mol. The zero-order chi connectivity index (χ0) is 17.8. The maximum Gasteiger partial charge on any atom is 0.232 e. The van der Waals surface area contributed by atoms with Crippen LogP contribution in [0, 0.1) is 5.82 Å². The van der Waals surface area contributed by atoms with Crippen molar-refractivity contribution in [3.63, 3.8) is 0 Å². The molecule has 4 nitrogen and oxygen atoms in total. The standard InChI is InChI=1S/C21H16FN3O/c22-18-8-6-17(7-9-18)21-24-20(26-15-16-4-2-1-3-5-16)14-25(21)19-10-12-23-13-11-19/h1-14H,15H2. The van der Waals surface area contributed by atoms with Gasteiger partial charge in [-0.3, -0.25) is 9.55 Å². The van der Waals surface area contributed by atoms with Crippen molar-refractivity contribution in [2.75, 3.05) is 0 Å². The first-order valence-electron chi connectivity index (χ1n) is 8.22. The van der Waals surface area contributed by atoms with Gasteiger partial charge in [-0.2, -0.15) is 4.98 Å². The molecule has 0 spiro atoms. The number of rotatable bonds is 5. The van der Waals surface area contributed by atoms with Crippen molar-refractivity contribution in [3.05, 3.63) is 96.7 Å². The second-order valence-corrected chi connectivity index (χ2v) is 5.76. The molecule has 0 aliphatic rings. The normalized spacial score (nSPS) is 10.7. The van der Waals surface area contributed by atoms with E-state index in [1.165, 1.54) is 12.1 Å². The Morgan fingerprint density at radius 3 is 2.35 bits per heavy atom. The third kappa shape index (κ3) is 3.47. The maximum absolute atomic E-state index is 13.3. The van der Waals surface area contributed by atoms with Crippen molar-refractivity contribution in [2.24, 2.45) is 0 Å². The molecular weight excluding hydrogens is 329 g/mol. The number of pyridine rings is 1. The van der Waals surface area contributed by atoms with Gasteiger partial charge in [-0.15, -0.1) is 0 Å². The van der Waals surface area contributed by atoms with Crippen LogP contribution in [0.3, 0.4) is 0 Å². The molecule has 5 heteroatoms. The molecular formula is C21H16FN3O. The van der Waals surface area contributed by atoms with Crippen molar-refractivity contribution in [1.29, 1.82) is 0 Å². The van der Waals surface area contributed by atoms with Crippen LogP contribution in [0.1, 0.15) is 5.56 Å². The molecule has 0 fully saturated rings. The van der Waals surface area contributed by atoms with Gasteiger partial charge in [0.05, 0.1) is 11.9 Å². The fraction of sp³-hybridized carbons (Fsp3) is 0.0476. The van der Waals surface area contributed by atoms with Gasteiger partial charge in [0.15, 0.2) is 0 Å². The predicted octanol–water partition coefficient (Wildman–Crippen LogP) is 4.65. The minimum absolute atomic E-state index is 0.281. The lowest BCUT2D eigenvalue weighted by atomic mass is 10.2. The molecule has 0 saturated carbocycles. The van der Waals surface area contributed by atoms with Crippen LogP contribution in [-0.4, -0.2) is 14.5 Å². The summed E-state index contributed by atoms with van der Waals surface area (Å²) in [5.41, 5.74) is 2.77. The molecule has 128 valence electrons. The van der Waals surface area contributed by atoms with Crippen molar-refractivity contribution in [2.45, 2.75) is 6.61 Å². The highest BCUT2D eigenvalue weighted by molar-refractivity contribution is 5.59. The number of hydrogen-bond acceptors (Lipinski definition) is 3. The van der Waals surface area contributed by atoms with Crippen LogP contribution < -0.4 is 4.74 Å². The number of imidazole rings is 1. The summed E-state index contributed by atoms with van der Waals surface area (Å²) in [7, 11) is 0. The van der Waals surface area contributed by atoms with Crippen LogP contribution in [-0.2, 0) is 6.61 Å². The Bertz CT molecular complexity index is 983. The summed E-state index contributed by atoms with van der Waals surface area (Å²) in [5, 5.41) is 0. The number of benzene rings is 2. The summed E-state index contributed by atoms with van der Waals surface area (Å²) >= 11 is 0. The van der Waals surface area contributed by atoms with Crippen molar-refractivity contribution < 1.29 is 9.13 Å². The van der Waals surface area contributed by atoms with Crippen LogP contribution in [0.2, 0.25) is 0 Å². The topological polar surface area (TPSA) is 39.9 Å². The van der Waals surface area contributed by atoms with Gasteiger partial charge in [-0.25, -0.2) is 4.39 Å². The van der Waals surface area contributed by atoms with Gasteiger partial charge < -0.3 is 4.74 Å². The van der Waals surface area contributed by atoms with E-state index in [2.05, 4.69) is 9.97 Å². The average Bonchev–Trinajstić information content (AvgIpc) is 3.13. The Hall–Kier alpha value is -3.47. The first kappa shape index (κ1) is 16.0. The maximum atomic E-state index is 13.3. The Kier molecular flexibility index (Phi) is 4.43. The van der Waals surface area contributed by atoms with Gasteiger partial charge >= 0.3 is 0 Å². The van der Waals surface area contributed by atoms with E-state index in [0.717, 1.165) is 16.8 Å². The minimum Gasteiger partial charge on any atom is -0.472 e. The van der Waals surface area contributed by atoms with Crippen LogP contribution in [0.25, 0.3) is 17.1 Å². The summed E-state index contributed by atoms with van der Waals surface area (Å²) in [6, 6.07) is 19.9. The van der Waals surface area contributed by atoms with Crippen molar-refractivity contribution in [3.8, 4) is 23.0 Å². The van der Waals surface area contributed by atoms with E-state index in [-0.39, 0.29) is 5.82 Å². The largest absolute Gasteiger partial charge is 0.472 e. The van der Waals surface area contributed by atoms with Crippen LogP contribution in [0.4, 0.5) is 4.39 Å². The molecule has 0 amide bonds. The SMILES string of the molecule is Fc1ccc(-c2nc(OCc3ccccc3)cn2-c2ccncc2)cc1. The molecule has 2 aromatic heterocycles. The van der Waals surface area contributed by atoms with Gasteiger partial charge in [0.25, 0.3) is 0 Å². The number of ether oxygens (including phenoxy) is 1. The molecule has 2 heterocycles. The third-order valence-electron chi connectivity index (χ3n) is 3.96. The highest BCUT2D eigenvalue weighted by atomic mass is 19.1. The van der Waals surface area contributed by atoms with Gasteiger partial charge in [0, 0.05) is 18.0 Å². The number of nitrogens with zero attached hydrogens (tertiary/aromatic N) is 3. The third-order valence-corrected chi connectivity index (χ3v) is 3.96. The molecule has 2 aromatic carbocycles. The first-order valence-corrected chi connectivity index (χ1v) is 8.22. The predicted molar refractivity (Wildman–Crippen MR) is 97.5 cm³/mol. The molecule has 0 bridgehead atoms. The molecule has 0 unspecified atom stereocenters. The zero-order valence-electron chi connectivity index (χ0n) is 13.9. The highest BCUT2D eigenvalue weighted by Gasteiger charge is 2.13. The van der Waals surface area contributed by atoms with Gasteiger partial charge in [0.1, 0.15) is 18.2 Å². The van der Waals surface area contributed by atoms with Crippen LogP contribution >= 0.6 is 0 Å². The van der Waals surface area contributed by atoms with Crippen molar-refractivity contribution >= 4 is 0 Å². The lowest BCUT2D eigenvalue weighted by molar-refractivity contribution is 0.295. The van der Waals surface area contributed by atoms with E-state index in [9.17, 15) is 4.39 Å². The lowest BCUT2D eigenvalue weighted by Crippen LogP contribution is -1.96.